The van der Waals surface area contributed by atoms with E-state index in [-0.39, 0.29) is 35.7 Å². The van der Waals surface area contributed by atoms with E-state index >= 15 is 0 Å². The van der Waals surface area contributed by atoms with Crippen molar-refractivity contribution in [1.29, 1.82) is 0 Å². The van der Waals surface area contributed by atoms with E-state index < -0.39 is 64.1 Å². The number of benzene rings is 1. The molecule has 0 radical (unpaired) electrons. The van der Waals surface area contributed by atoms with E-state index in [2.05, 4.69) is 9.83 Å². The second-order valence-electron chi connectivity index (χ2n) is 9.73. The third-order valence-electron chi connectivity index (χ3n) is 7.20. The first-order valence-electron chi connectivity index (χ1n) is 12.5. The lowest BCUT2D eigenvalue weighted by Gasteiger charge is -2.35. The van der Waals surface area contributed by atoms with E-state index in [9.17, 15) is 34.9 Å². The van der Waals surface area contributed by atoms with Gasteiger partial charge in [-0.15, -0.1) is 10.1 Å². The molecule has 0 spiro atoms. The van der Waals surface area contributed by atoms with E-state index in [0.29, 0.717) is 12.1 Å². The fourth-order valence-electron chi connectivity index (χ4n) is 5.36. The van der Waals surface area contributed by atoms with Crippen LogP contribution in [0.5, 0.6) is 0 Å². The molecule has 2 saturated heterocycles. The number of fused-ring (bicyclic) bond motifs is 1. The van der Waals surface area contributed by atoms with Gasteiger partial charge in [-0.05, 0) is 25.8 Å². The van der Waals surface area contributed by atoms with Crippen LogP contribution < -0.4 is 0 Å². The number of aliphatic hydroxyl groups is 1. The molecule has 1 N–H and O–H groups in total. The highest BCUT2D eigenvalue weighted by Gasteiger charge is 2.62. The molecule has 2 unspecified atom stereocenters. The first-order chi connectivity index (χ1) is 18.5. The van der Waals surface area contributed by atoms with Crippen LogP contribution in [-0.4, -0.2) is 76.3 Å². The zero-order valence-electron chi connectivity index (χ0n) is 21.6. The van der Waals surface area contributed by atoms with Crippen LogP contribution >= 0.6 is 0 Å². The summed E-state index contributed by atoms with van der Waals surface area (Å²) in [5.74, 6) is -3.72. The normalized spacial score (nSPS) is 29.9. The van der Waals surface area contributed by atoms with Gasteiger partial charge in [0.15, 0.2) is 17.5 Å². The molecule has 0 aromatic heterocycles. The molecular weight excluding hydrogens is 518 g/mol. The van der Waals surface area contributed by atoms with E-state index in [4.69, 9.17) is 14.2 Å². The van der Waals surface area contributed by atoms with Crippen LogP contribution in [0, 0.1) is 26.1 Å². The van der Waals surface area contributed by atoms with Crippen LogP contribution in [-0.2, 0) is 28.6 Å². The number of ether oxygens (including phenoxy) is 3. The van der Waals surface area contributed by atoms with Gasteiger partial charge in [0, 0.05) is 35.0 Å². The van der Waals surface area contributed by atoms with Crippen molar-refractivity contribution in [1.82, 2.24) is 0 Å². The highest BCUT2D eigenvalue weighted by Crippen LogP contribution is 2.45. The molecule has 0 aliphatic carbocycles. The van der Waals surface area contributed by atoms with Crippen molar-refractivity contribution < 1.29 is 43.8 Å². The third kappa shape index (κ3) is 5.27. The Labute approximate surface area is 222 Å². The molecule has 3 heterocycles. The lowest BCUT2D eigenvalue weighted by Crippen LogP contribution is -2.53. The summed E-state index contributed by atoms with van der Waals surface area (Å²) in [6.07, 6.45) is -2.14. The molecule has 4 rings (SSSR count). The highest BCUT2D eigenvalue weighted by atomic mass is 17.0. The summed E-state index contributed by atoms with van der Waals surface area (Å²) < 4.78 is 16.6. The molecule has 14 heteroatoms. The van der Waals surface area contributed by atoms with Crippen molar-refractivity contribution in [2.75, 3.05) is 19.8 Å². The minimum absolute atomic E-state index is 0.0625. The third-order valence-corrected chi connectivity index (χ3v) is 7.20. The van der Waals surface area contributed by atoms with Gasteiger partial charge in [-0.3, -0.25) is 24.7 Å². The van der Waals surface area contributed by atoms with Crippen LogP contribution in [0.25, 0.3) is 0 Å². The molecule has 0 amide bonds. The average Bonchev–Trinajstić information content (AvgIpc) is 3.44. The number of allylic oxidation sites excluding steroid dienone is 1. The summed E-state index contributed by atoms with van der Waals surface area (Å²) in [4.78, 5) is 58.3. The summed E-state index contributed by atoms with van der Waals surface area (Å²) in [6, 6.07) is 5.54. The van der Waals surface area contributed by atoms with Crippen LogP contribution in [0.2, 0.25) is 0 Å². The Balaban J connectivity index is 1.77. The SMILES string of the molecule is CCCCOC(=O)C1C(C)=NC(C)=C(C(=O)[C@]2(O)CO[C@@H]3[C@H](O[N+](=O)[O-])CO[C@@H]32)C1c1cccc([N+](=O)[O-])c1. The summed E-state index contributed by atoms with van der Waals surface area (Å²) in [5, 5.41) is 33.0. The van der Waals surface area contributed by atoms with Crippen LogP contribution in [0.1, 0.15) is 45.1 Å². The number of Topliss-reactive ketones (excluding diaryl/α,β-unsaturated/α-hetero) is 1. The van der Waals surface area contributed by atoms with Crippen molar-refractivity contribution >= 4 is 23.2 Å². The summed E-state index contributed by atoms with van der Waals surface area (Å²) >= 11 is 0. The average molecular weight is 548 g/mol. The number of ketones is 1. The number of carbonyl (C=O) groups excluding carboxylic acids is 2. The fourth-order valence-corrected chi connectivity index (χ4v) is 5.36. The maximum atomic E-state index is 14.1. The zero-order chi connectivity index (χ0) is 28.5. The number of hydrogen-bond donors (Lipinski definition) is 1. The van der Waals surface area contributed by atoms with Gasteiger partial charge in [0.25, 0.3) is 10.8 Å². The maximum absolute atomic E-state index is 14.1. The minimum Gasteiger partial charge on any atom is -0.465 e. The number of unbranched alkanes of at least 4 members (excludes halogenated alkanes) is 1. The van der Waals surface area contributed by atoms with E-state index in [1.54, 1.807) is 13.0 Å². The molecule has 3 aliphatic rings. The highest BCUT2D eigenvalue weighted by molar-refractivity contribution is 6.11. The number of carbonyl (C=O) groups is 2. The summed E-state index contributed by atoms with van der Waals surface area (Å²) in [6.45, 7) is 4.36. The lowest BCUT2D eigenvalue weighted by atomic mass is 9.71. The monoisotopic (exact) mass is 547 g/mol. The van der Waals surface area contributed by atoms with Gasteiger partial charge in [0.05, 0.1) is 24.7 Å². The number of nitrogens with zero attached hydrogens (tertiary/aromatic N) is 3. The number of non-ortho nitro benzene ring substituents is 1. The van der Waals surface area contributed by atoms with Gasteiger partial charge in [0.1, 0.15) is 18.1 Å². The van der Waals surface area contributed by atoms with Crippen molar-refractivity contribution in [2.24, 2.45) is 10.9 Å². The Morgan fingerprint density at radius 3 is 2.64 bits per heavy atom. The Morgan fingerprint density at radius 1 is 1.23 bits per heavy atom. The van der Waals surface area contributed by atoms with Gasteiger partial charge >= 0.3 is 5.97 Å². The predicted octanol–water partition coefficient (Wildman–Crippen LogP) is 2.06. The van der Waals surface area contributed by atoms with Crippen LogP contribution in [0.3, 0.4) is 0 Å². The Morgan fingerprint density at radius 2 is 1.97 bits per heavy atom. The van der Waals surface area contributed by atoms with Gasteiger partial charge in [-0.1, -0.05) is 25.5 Å². The molecular formula is C25H29N3O11. The van der Waals surface area contributed by atoms with Gasteiger partial charge in [-0.25, -0.2) is 0 Å². The number of nitro groups is 1. The smallest absolute Gasteiger partial charge is 0.315 e. The second kappa shape index (κ2) is 11.2. The number of hydrogen-bond acceptors (Lipinski definition) is 12. The standard InChI is InChI=1S/C25H29N3O11/c1-4-5-9-36-24(30)19-14(3)26-13(2)18(20(19)15-7-6-8-16(10-15)27(32)33)22(29)25(31)12-38-21-17(39-28(34)35)11-37-23(21)25/h6-8,10,17,19-21,23,31H,4-5,9,11-12H2,1-3H3/t17-,19?,20?,21-,23+,25-/m1/s1. The maximum Gasteiger partial charge on any atom is 0.315 e. The van der Waals surface area contributed by atoms with Crippen molar-refractivity contribution in [3.8, 4) is 0 Å². The Hall–Kier alpha value is -3.75. The number of esters is 1. The fraction of sp³-hybridized carbons (Fsp3) is 0.560. The van der Waals surface area contributed by atoms with Crippen LogP contribution in [0.15, 0.2) is 40.5 Å². The zero-order valence-corrected chi connectivity index (χ0v) is 21.6. The van der Waals surface area contributed by atoms with Crippen molar-refractivity contribution in [3.05, 3.63) is 61.3 Å². The van der Waals surface area contributed by atoms with Crippen molar-refractivity contribution in [2.45, 2.75) is 63.4 Å². The second-order valence-corrected chi connectivity index (χ2v) is 9.73. The molecule has 3 aliphatic heterocycles. The molecule has 1 aromatic carbocycles. The molecule has 6 atom stereocenters. The van der Waals surface area contributed by atoms with Crippen LogP contribution in [0.4, 0.5) is 5.69 Å². The summed E-state index contributed by atoms with van der Waals surface area (Å²) in [5.41, 5.74) is -1.79. The number of nitro benzene ring substituents is 1. The van der Waals surface area contributed by atoms with Gasteiger partial charge in [-0.2, -0.15) is 0 Å². The molecule has 14 nitrogen and oxygen atoms in total. The number of aliphatic imine (C=N–C) groups is 1. The molecule has 0 bridgehead atoms. The largest absolute Gasteiger partial charge is 0.465 e. The van der Waals surface area contributed by atoms with Crippen molar-refractivity contribution in [3.63, 3.8) is 0 Å². The first kappa shape index (κ1) is 28.3. The molecule has 1 aromatic rings. The topological polar surface area (TPSA) is 190 Å². The van der Waals surface area contributed by atoms with E-state index in [1.807, 2.05) is 6.92 Å². The quantitative estimate of drug-likeness (QED) is 0.195. The van der Waals surface area contributed by atoms with E-state index in [0.717, 1.165) is 6.42 Å². The molecule has 39 heavy (non-hydrogen) atoms. The predicted molar refractivity (Wildman–Crippen MR) is 132 cm³/mol. The first-order valence-corrected chi connectivity index (χ1v) is 12.5. The minimum atomic E-state index is -2.29. The molecule has 2 fully saturated rings. The molecule has 0 saturated carbocycles. The molecule has 210 valence electrons. The summed E-state index contributed by atoms with van der Waals surface area (Å²) in [7, 11) is 0. The Bertz CT molecular complexity index is 1250. The Kier molecular flexibility index (Phi) is 8.09. The van der Waals surface area contributed by atoms with Gasteiger partial charge in [0.2, 0.25) is 0 Å². The van der Waals surface area contributed by atoms with E-state index in [1.165, 1.54) is 25.1 Å². The lowest BCUT2D eigenvalue weighted by molar-refractivity contribution is -0.769. The van der Waals surface area contributed by atoms with Gasteiger partial charge < -0.3 is 24.2 Å². The number of rotatable bonds is 10.